The Morgan fingerprint density at radius 1 is 0.846 bits per heavy atom. The van der Waals surface area contributed by atoms with Crippen LogP contribution in [0.25, 0.3) is 0 Å². The van der Waals surface area contributed by atoms with Crippen molar-refractivity contribution in [3.05, 3.63) is 11.9 Å². The van der Waals surface area contributed by atoms with Crippen molar-refractivity contribution in [2.45, 2.75) is 109 Å². The third-order valence-corrected chi connectivity index (χ3v) is 5.41. The van der Waals surface area contributed by atoms with E-state index in [4.69, 9.17) is 14.7 Å². The predicted octanol–water partition coefficient (Wildman–Crippen LogP) is 6.48. The van der Waals surface area contributed by atoms with Crippen LogP contribution in [0.1, 0.15) is 103 Å². The highest BCUT2D eigenvalue weighted by atomic mass is 31.1. The fourth-order valence-electron chi connectivity index (χ4n) is 2.87. The molecule has 0 spiro atoms. The summed E-state index contributed by atoms with van der Waals surface area (Å²) in [5.41, 5.74) is 0. The van der Waals surface area contributed by atoms with E-state index in [-0.39, 0.29) is 13.2 Å². The van der Waals surface area contributed by atoms with E-state index in [1.807, 2.05) is 6.08 Å². The number of rotatable bonds is 20. The molecule has 26 heavy (non-hydrogen) atoms. The van der Waals surface area contributed by atoms with Crippen molar-refractivity contribution >= 4 is 8.03 Å². The monoisotopic (exact) mass is 389 g/mol. The minimum absolute atomic E-state index is 0.0884. The van der Waals surface area contributed by atoms with Crippen molar-refractivity contribution < 1.29 is 19.3 Å². The second kappa shape index (κ2) is 21.0. The number of hydrogen-bond donors (Lipinski definition) is 2. The molecule has 5 heteroatoms. The van der Waals surface area contributed by atoms with Gasteiger partial charge >= 0.3 is 8.03 Å². The number of aliphatic hydroxyl groups is 2. The van der Waals surface area contributed by atoms with E-state index in [1.165, 1.54) is 83.5 Å². The van der Waals surface area contributed by atoms with Gasteiger partial charge in [0.1, 0.15) is 12.7 Å². The molecule has 2 unspecified atom stereocenters. The summed E-state index contributed by atoms with van der Waals surface area (Å²) in [7, 11) is -1.86. The Labute approximate surface area is 162 Å². The number of hydrogen-bond acceptors (Lipinski definition) is 4. The SMILES string of the molecule is CCCCCCCCCCCCCCCCC=C[P+](=O)OCC(O)CO. The van der Waals surface area contributed by atoms with Gasteiger partial charge < -0.3 is 10.2 Å². The number of allylic oxidation sites excluding steroid dienone is 1. The lowest BCUT2D eigenvalue weighted by atomic mass is 10.0. The smallest absolute Gasteiger partial charge is 0.394 e. The Morgan fingerprint density at radius 2 is 1.31 bits per heavy atom. The molecule has 0 fully saturated rings. The molecule has 0 aliphatic carbocycles. The van der Waals surface area contributed by atoms with Crippen LogP contribution in [0.3, 0.4) is 0 Å². The highest BCUT2D eigenvalue weighted by Crippen LogP contribution is 2.24. The summed E-state index contributed by atoms with van der Waals surface area (Å²) >= 11 is 0. The fraction of sp³-hybridized carbons (Fsp3) is 0.905. The van der Waals surface area contributed by atoms with Gasteiger partial charge in [-0.15, -0.1) is 4.52 Å². The van der Waals surface area contributed by atoms with Crippen LogP contribution in [0.5, 0.6) is 0 Å². The average molecular weight is 390 g/mol. The van der Waals surface area contributed by atoms with E-state index < -0.39 is 14.1 Å². The van der Waals surface area contributed by atoms with Gasteiger partial charge in [-0.3, -0.25) is 0 Å². The van der Waals surface area contributed by atoms with Gasteiger partial charge in [0.25, 0.3) is 0 Å². The van der Waals surface area contributed by atoms with Crippen molar-refractivity contribution in [3.8, 4) is 0 Å². The predicted molar refractivity (Wildman–Crippen MR) is 111 cm³/mol. The Hall–Kier alpha value is -0.280. The molecule has 0 aromatic rings. The molecular weight excluding hydrogens is 347 g/mol. The fourth-order valence-corrected chi connectivity index (χ4v) is 3.60. The molecule has 0 bridgehead atoms. The summed E-state index contributed by atoms with van der Waals surface area (Å²) in [6.07, 6.45) is 20.8. The first-order chi connectivity index (χ1) is 12.7. The third-order valence-electron chi connectivity index (χ3n) is 4.56. The first-order valence-corrected chi connectivity index (χ1v) is 12.0. The van der Waals surface area contributed by atoms with Crippen LogP contribution in [-0.2, 0) is 9.09 Å². The van der Waals surface area contributed by atoms with Crippen LogP contribution in [0, 0.1) is 0 Å². The lowest BCUT2D eigenvalue weighted by molar-refractivity contribution is 0.0568. The van der Waals surface area contributed by atoms with Crippen LogP contribution < -0.4 is 0 Å². The highest BCUT2D eigenvalue weighted by molar-refractivity contribution is 7.42. The van der Waals surface area contributed by atoms with E-state index in [0.717, 1.165) is 12.8 Å². The second-order valence-corrected chi connectivity index (χ2v) is 8.31. The maximum Gasteiger partial charge on any atom is 0.540 e. The maximum atomic E-state index is 11.5. The first-order valence-electron chi connectivity index (χ1n) is 10.8. The van der Waals surface area contributed by atoms with Gasteiger partial charge in [0.15, 0.2) is 5.82 Å². The Kier molecular flexibility index (Phi) is 20.8. The molecular formula is C21H42O4P+. The molecule has 0 heterocycles. The van der Waals surface area contributed by atoms with E-state index in [2.05, 4.69) is 6.92 Å². The van der Waals surface area contributed by atoms with Crippen molar-refractivity contribution in [1.29, 1.82) is 0 Å². The van der Waals surface area contributed by atoms with Crippen LogP contribution in [0.15, 0.2) is 11.9 Å². The topological polar surface area (TPSA) is 66.8 Å². The molecule has 0 rings (SSSR count). The number of unbranched alkanes of at least 4 members (excludes halogenated alkanes) is 14. The van der Waals surface area contributed by atoms with Crippen molar-refractivity contribution in [1.82, 2.24) is 0 Å². The largest absolute Gasteiger partial charge is 0.540 e. The molecule has 0 amide bonds. The Morgan fingerprint density at radius 3 is 1.77 bits per heavy atom. The summed E-state index contributed by atoms with van der Waals surface area (Å²) in [4.78, 5) is 0. The summed E-state index contributed by atoms with van der Waals surface area (Å²) in [5, 5.41) is 17.7. The van der Waals surface area contributed by atoms with Gasteiger partial charge in [-0.2, -0.15) is 0 Å². The minimum Gasteiger partial charge on any atom is -0.394 e. The van der Waals surface area contributed by atoms with Gasteiger partial charge in [0, 0.05) is 0 Å². The zero-order valence-electron chi connectivity index (χ0n) is 16.9. The van der Waals surface area contributed by atoms with E-state index in [9.17, 15) is 4.57 Å². The highest BCUT2D eigenvalue weighted by Gasteiger charge is 2.15. The molecule has 2 N–H and O–H groups in total. The van der Waals surface area contributed by atoms with Crippen LogP contribution in [0.4, 0.5) is 0 Å². The molecule has 0 saturated heterocycles. The lowest BCUT2D eigenvalue weighted by Crippen LogP contribution is -2.17. The molecule has 0 aliphatic rings. The van der Waals surface area contributed by atoms with E-state index >= 15 is 0 Å². The Balaban J connectivity index is 3.21. The Bertz CT molecular complexity index is 334. The summed E-state index contributed by atoms with van der Waals surface area (Å²) in [6, 6.07) is 0. The standard InChI is InChI=1S/C21H42O4P/c1-2-3-4-5-6-7-8-9-10-11-12-13-14-15-16-17-18-26(24)25-20-21(23)19-22/h17-18,21-23H,2-16,19-20H2,1H3/q+1. The van der Waals surface area contributed by atoms with Crippen molar-refractivity contribution in [2.24, 2.45) is 0 Å². The first kappa shape index (κ1) is 25.7. The lowest BCUT2D eigenvalue weighted by Gasteiger charge is -2.02. The average Bonchev–Trinajstić information content (AvgIpc) is 2.65. The van der Waals surface area contributed by atoms with Crippen LogP contribution >= 0.6 is 8.03 Å². The second-order valence-electron chi connectivity index (χ2n) is 7.19. The maximum absolute atomic E-state index is 11.5. The van der Waals surface area contributed by atoms with Crippen LogP contribution in [-0.4, -0.2) is 29.5 Å². The van der Waals surface area contributed by atoms with E-state index in [0.29, 0.717) is 0 Å². The minimum atomic E-state index is -1.86. The number of aliphatic hydroxyl groups excluding tert-OH is 2. The van der Waals surface area contributed by atoms with Gasteiger partial charge in [0.05, 0.1) is 6.61 Å². The normalized spacial score (nSPS) is 13.4. The molecule has 0 aromatic heterocycles. The van der Waals surface area contributed by atoms with Gasteiger partial charge in [-0.25, -0.2) is 0 Å². The molecule has 0 aliphatic heterocycles. The summed E-state index contributed by atoms with van der Waals surface area (Å²) < 4.78 is 16.4. The van der Waals surface area contributed by atoms with Gasteiger partial charge in [-0.05, 0) is 23.5 Å². The molecule has 0 radical (unpaired) electrons. The van der Waals surface area contributed by atoms with Crippen molar-refractivity contribution in [3.63, 3.8) is 0 Å². The molecule has 2 atom stereocenters. The van der Waals surface area contributed by atoms with Crippen LogP contribution in [0.2, 0.25) is 0 Å². The summed E-state index contributed by atoms with van der Waals surface area (Å²) in [6.45, 7) is 1.81. The molecule has 0 saturated carbocycles. The van der Waals surface area contributed by atoms with Gasteiger partial charge in [0.2, 0.25) is 0 Å². The van der Waals surface area contributed by atoms with Crippen molar-refractivity contribution in [2.75, 3.05) is 13.2 Å². The zero-order chi connectivity index (χ0) is 19.3. The third kappa shape index (κ3) is 20.0. The van der Waals surface area contributed by atoms with Gasteiger partial charge in [-0.1, -0.05) is 90.4 Å². The molecule has 4 nitrogen and oxygen atoms in total. The van der Waals surface area contributed by atoms with E-state index in [1.54, 1.807) is 5.82 Å². The zero-order valence-corrected chi connectivity index (χ0v) is 17.8. The molecule has 0 aromatic carbocycles. The summed E-state index contributed by atoms with van der Waals surface area (Å²) in [5.74, 6) is 1.56. The molecule has 154 valence electrons. The quantitative estimate of drug-likeness (QED) is 0.185.